The van der Waals surface area contributed by atoms with Crippen LogP contribution in [0, 0.1) is 12.8 Å². The van der Waals surface area contributed by atoms with Crippen LogP contribution in [0.15, 0.2) is 24.3 Å². The Balaban J connectivity index is 1.81. The standard InChI is InChI=1S/C22H33N3O4/c1-15-6-8-17(9-7-15)14-25-18(10-11-19(25)26)20(27)23-12-16(2)13-24-21(28)29-22(3,4)5/h6-9,16,18H,10-14H2,1-5H3,(H,23,27)(H,24,28)/t16-,18-/m0/s1. The van der Waals surface area contributed by atoms with Gasteiger partial charge >= 0.3 is 6.09 Å². The number of carbonyl (C=O) groups excluding carboxylic acids is 3. The van der Waals surface area contributed by atoms with E-state index in [1.807, 2.05) is 58.9 Å². The molecule has 1 aliphatic heterocycles. The van der Waals surface area contributed by atoms with Crippen LogP contribution in [0.4, 0.5) is 4.79 Å². The van der Waals surface area contributed by atoms with E-state index in [0.717, 1.165) is 11.1 Å². The predicted octanol–water partition coefficient (Wildman–Crippen LogP) is 2.76. The first-order chi connectivity index (χ1) is 13.5. The molecule has 2 rings (SSSR count). The van der Waals surface area contributed by atoms with E-state index in [-0.39, 0.29) is 17.7 Å². The molecule has 0 unspecified atom stereocenters. The van der Waals surface area contributed by atoms with Gasteiger partial charge in [0.05, 0.1) is 0 Å². The number of rotatable bonds is 7. The molecule has 1 saturated heterocycles. The molecule has 3 amide bonds. The first-order valence-electron chi connectivity index (χ1n) is 10.1. The van der Waals surface area contributed by atoms with Gasteiger partial charge in [-0.05, 0) is 45.6 Å². The first-order valence-corrected chi connectivity index (χ1v) is 10.1. The normalized spacial score (nSPS) is 17.8. The first kappa shape index (κ1) is 22.7. The third-order valence-corrected chi connectivity index (χ3v) is 4.72. The Morgan fingerprint density at radius 1 is 1.17 bits per heavy atom. The van der Waals surface area contributed by atoms with Crippen LogP contribution in [0.2, 0.25) is 0 Å². The fourth-order valence-corrected chi connectivity index (χ4v) is 3.13. The number of carbonyl (C=O) groups is 3. The van der Waals surface area contributed by atoms with Crippen molar-refractivity contribution >= 4 is 17.9 Å². The molecule has 1 aliphatic rings. The molecule has 0 aromatic heterocycles. The van der Waals surface area contributed by atoms with Crippen LogP contribution < -0.4 is 10.6 Å². The highest BCUT2D eigenvalue weighted by molar-refractivity contribution is 5.90. The summed E-state index contributed by atoms with van der Waals surface area (Å²) in [6.45, 7) is 10.6. The summed E-state index contributed by atoms with van der Waals surface area (Å²) in [6, 6.07) is 7.53. The van der Waals surface area contributed by atoms with Gasteiger partial charge < -0.3 is 20.3 Å². The topological polar surface area (TPSA) is 87.7 Å². The van der Waals surface area contributed by atoms with E-state index in [0.29, 0.717) is 32.5 Å². The molecule has 1 aromatic rings. The number of benzene rings is 1. The van der Waals surface area contributed by atoms with Gasteiger partial charge in [-0.2, -0.15) is 0 Å². The van der Waals surface area contributed by atoms with Crippen molar-refractivity contribution in [3.8, 4) is 0 Å². The number of hydrogen-bond acceptors (Lipinski definition) is 4. The van der Waals surface area contributed by atoms with Crippen molar-refractivity contribution < 1.29 is 19.1 Å². The quantitative estimate of drug-likeness (QED) is 0.733. The SMILES string of the molecule is Cc1ccc(CN2C(=O)CC[C@H]2C(=O)NC[C@H](C)CNC(=O)OC(C)(C)C)cc1. The van der Waals surface area contributed by atoms with Crippen molar-refractivity contribution in [2.75, 3.05) is 13.1 Å². The average Bonchev–Trinajstić information content (AvgIpc) is 2.99. The molecule has 0 radical (unpaired) electrons. The Labute approximate surface area is 173 Å². The van der Waals surface area contributed by atoms with Crippen molar-refractivity contribution in [2.24, 2.45) is 5.92 Å². The lowest BCUT2D eigenvalue weighted by Gasteiger charge is -2.25. The van der Waals surface area contributed by atoms with Crippen LogP contribution in [-0.2, 0) is 20.9 Å². The summed E-state index contributed by atoms with van der Waals surface area (Å²) in [4.78, 5) is 38.3. The Hall–Kier alpha value is -2.57. The van der Waals surface area contributed by atoms with Gasteiger partial charge in [0.2, 0.25) is 11.8 Å². The van der Waals surface area contributed by atoms with Gasteiger partial charge in [0.15, 0.2) is 0 Å². The van der Waals surface area contributed by atoms with Crippen LogP contribution in [0.3, 0.4) is 0 Å². The summed E-state index contributed by atoms with van der Waals surface area (Å²) < 4.78 is 5.20. The van der Waals surface area contributed by atoms with E-state index >= 15 is 0 Å². The van der Waals surface area contributed by atoms with Crippen molar-refractivity contribution in [3.05, 3.63) is 35.4 Å². The van der Waals surface area contributed by atoms with Gasteiger partial charge in [0, 0.05) is 26.1 Å². The predicted molar refractivity (Wildman–Crippen MR) is 111 cm³/mol. The highest BCUT2D eigenvalue weighted by Gasteiger charge is 2.35. The molecule has 160 valence electrons. The van der Waals surface area contributed by atoms with E-state index in [4.69, 9.17) is 4.74 Å². The number of alkyl carbamates (subject to hydrolysis) is 1. The van der Waals surface area contributed by atoms with Gasteiger partial charge in [-0.3, -0.25) is 9.59 Å². The van der Waals surface area contributed by atoms with Gasteiger partial charge in [0.1, 0.15) is 11.6 Å². The maximum absolute atomic E-state index is 12.7. The lowest BCUT2D eigenvalue weighted by atomic mass is 10.1. The Kier molecular flexibility index (Phi) is 7.65. The minimum absolute atomic E-state index is 0.00497. The Bertz CT molecular complexity index is 725. The second kappa shape index (κ2) is 9.76. The molecule has 1 fully saturated rings. The fourth-order valence-electron chi connectivity index (χ4n) is 3.13. The van der Waals surface area contributed by atoms with Crippen molar-refractivity contribution in [1.82, 2.24) is 15.5 Å². The molecule has 0 spiro atoms. The second-order valence-corrected chi connectivity index (χ2v) is 8.79. The largest absolute Gasteiger partial charge is 0.444 e. The average molecular weight is 404 g/mol. The van der Waals surface area contributed by atoms with Crippen LogP contribution in [0.25, 0.3) is 0 Å². The van der Waals surface area contributed by atoms with Crippen LogP contribution in [0.5, 0.6) is 0 Å². The molecular formula is C22H33N3O4. The molecule has 1 aromatic carbocycles. The number of amides is 3. The fraction of sp³-hybridized carbons (Fsp3) is 0.591. The summed E-state index contributed by atoms with van der Waals surface area (Å²) in [5.41, 5.74) is 1.63. The van der Waals surface area contributed by atoms with Gasteiger partial charge in [0.25, 0.3) is 0 Å². The molecule has 7 heteroatoms. The van der Waals surface area contributed by atoms with E-state index in [2.05, 4.69) is 10.6 Å². The van der Waals surface area contributed by atoms with Crippen molar-refractivity contribution in [3.63, 3.8) is 0 Å². The minimum Gasteiger partial charge on any atom is -0.444 e. The molecule has 29 heavy (non-hydrogen) atoms. The Morgan fingerprint density at radius 3 is 2.41 bits per heavy atom. The third-order valence-electron chi connectivity index (χ3n) is 4.72. The molecular weight excluding hydrogens is 370 g/mol. The van der Waals surface area contributed by atoms with Gasteiger partial charge in [-0.25, -0.2) is 4.79 Å². The van der Waals surface area contributed by atoms with Crippen LogP contribution in [0.1, 0.15) is 51.7 Å². The third kappa shape index (κ3) is 7.40. The zero-order valence-corrected chi connectivity index (χ0v) is 18.1. The van der Waals surface area contributed by atoms with Crippen LogP contribution >= 0.6 is 0 Å². The van der Waals surface area contributed by atoms with E-state index in [1.54, 1.807) is 4.90 Å². The minimum atomic E-state index is -0.544. The number of ether oxygens (including phenoxy) is 1. The molecule has 0 saturated carbocycles. The maximum Gasteiger partial charge on any atom is 0.407 e. The molecule has 7 nitrogen and oxygen atoms in total. The van der Waals surface area contributed by atoms with Crippen LogP contribution in [-0.4, -0.2) is 47.5 Å². The van der Waals surface area contributed by atoms with Crippen molar-refractivity contribution in [1.29, 1.82) is 0 Å². The maximum atomic E-state index is 12.7. The monoisotopic (exact) mass is 403 g/mol. The smallest absolute Gasteiger partial charge is 0.407 e. The van der Waals surface area contributed by atoms with E-state index in [9.17, 15) is 14.4 Å². The molecule has 1 heterocycles. The zero-order chi connectivity index (χ0) is 21.6. The van der Waals surface area contributed by atoms with Gasteiger partial charge in [-0.15, -0.1) is 0 Å². The summed E-state index contributed by atoms with van der Waals surface area (Å²) in [6.07, 6.45) is 0.446. The van der Waals surface area contributed by atoms with E-state index in [1.165, 1.54) is 0 Å². The second-order valence-electron chi connectivity index (χ2n) is 8.79. The highest BCUT2D eigenvalue weighted by atomic mass is 16.6. The van der Waals surface area contributed by atoms with E-state index < -0.39 is 17.7 Å². The Morgan fingerprint density at radius 2 is 1.79 bits per heavy atom. The number of nitrogens with one attached hydrogen (secondary N) is 2. The zero-order valence-electron chi connectivity index (χ0n) is 18.1. The summed E-state index contributed by atoms with van der Waals surface area (Å²) in [7, 11) is 0. The number of nitrogens with zero attached hydrogens (tertiary/aromatic N) is 1. The number of hydrogen-bond donors (Lipinski definition) is 2. The highest BCUT2D eigenvalue weighted by Crippen LogP contribution is 2.22. The number of aryl methyl sites for hydroxylation is 1. The van der Waals surface area contributed by atoms with Crippen molar-refractivity contribution in [2.45, 2.75) is 65.6 Å². The lowest BCUT2D eigenvalue weighted by molar-refractivity contribution is -0.135. The lowest BCUT2D eigenvalue weighted by Crippen LogP contribution is -2.46. The molecule has 2 atom stereocenters. The molecule has 0 bridgehead atoms. The number of likely N-dealkylation sites (tertiary alicyclic amines) is 1. The summed E-state index contributed by atoms with van der Waals surface area (Å²) in [5.74, 6) is -0.105. The summed E-state index contributed by atoms with van der Waals surface area (Å²) in [5, 5.41) is 5.63. The molecule has 0 aliphatic carbocycles. The van der Waals surface area contributed by atoms with Gasteiger partial charge in [-0.1, -0.05) is 36.8 Å². The molecule has 2 N–H and O–H groups in total. The summed E-state index contributed by atoms with van der Waals surface area (Å²) >= 11 is 0.